The van der Waals surface area contributed by atoms with E-state index in [0.29, 0.717) is 22.2 Å². The molecule has 0 saturated heterocycles. The number of ether oxygens (including phenoxy) is 1. The molecule has 0 unspecified atom stereocenters. The Labute approximate surface area is 185 Å². The summed E-state index contributed by atoms with van der Waals surface area (Å²) in [6.45, 7) is -0.249. The summed E-state index contributed by atoms with van der Waals surface area (Å²) in [4.78, 5) is 15.1. The second-order valence-corrected chi connectivity index (χ2v) is 9.17. The van der Waals surface area contributed by atoms with E-state index < -0.39 is 26.3 Å². The number of rotatable bonds is 7. The number of nitrogens with zero attached hydrogens (tertiary/aromatic N) is 1. The molecule has 1 heterocycles. The smallest absolute Gasteiger partial charge is 0.252 e. The number of aromatic amines is 1. The Morgan fingerprint density at radius 3 is 2.38 bits per heavy atom. The van der Waals surface area contributed by atoms with E-state index in [2.05, 4.69) is 4.98 Å². The third kappa shape index (κ3) is 4.42. The quantitative estimate of drug-likeness (QED) is 0.459. The van der Waals surface area contributed by atoms with Crippen LogP contribution in [0.5, 0.6) is 5.75 Å². The molecule has 0 bridgehead atoms. The first-order valence-corrected chi connectivity index (χ1v) is 11.3. The van der Waals surface area contributed by atoms with E-state index in [1.54, 1.807) is 48.5 Å². The van der Waals surface area contributed by atoms with Crippen molar-refractivity contribution in [1.29, 1.82) is 0 Å². The van der Waals surface area contributed by atoms with Crippen molar-refractivity contribution in [3.8, 4) is 5.75 Å². The number of fused-ring (bicyclic) bond motifs is 1. The maximum atomic E-state index is 14.4. The molecule has 3 aromatic carbocycles. The topological polar surface area (TPSA) is 79.5 Å². The summed E-state index contributed by atoms with van der Waals surface area (Å²) < 4.78 is 47.5. The first kappa shape index (κ1) is 21.7. The third-order valence-corrected chi connectivity index (χ3v) is 6.96. The number of hydrogen-bond acceptors (Lipinski definition) is 4. The molecular formula is C24H21FN2O4S. The van der Waals surface area contributed by atoms with Crippen LogP contribution in [0.3, 0.4) is 0 Å². The lowest BCUT2D eigenvalue weighted by Crippen LogP contribution is -2.33. The van der Waals surface area contributed by atoms with Gasteiger partial charge < -0.3 is 9.72 Å². The van der Waals surface area contributed by atoms with Crippen LogP contribution in [0.15, 0.2) is 88.6 Å². The summed E-state index contributed by atoms with van der Waals surface area (Å²) >= 11 is 0. The Bertz CT molecular complexity index is 1420. The van der Waals surface area contributed by atoms with Crippen molar-refractivity contribution in [2.24, 2.45) is 0 Å². The largest absolute Gasteiger partial charge is 0.497 e. The minimum absolute atomic E-state index is 0.0207. The lowest BCUT2D eigenvalue weighted by atomic mass is 10.1. The van der Waals surface area contributed by atoms with Gasteiger partial charge in [-0.25, -0.2) is 12.8 Å². The molecule has 0 atom stereocenters. The highest BCUT2D eigenvalue weighted by molar-refractivity contribution is 7.89. The van der Waals surface area contributed by atoms with Gasteiger partial charge in [0, 0.05) is 29.6 Å². The van der Waals surface area contributed by atoms with Gasteiger partial charge in [-0.05, 0) is 42.0 Å². The number of hydrogen-bond donors (Lipinski definition) is 1. The van der Waals surface area contributed by atoms with Crippen molar-refractivity contribution in [1.82, 2.24) is 9.29 Å². The zero-order chi connectivity index (χ0) is 22.7. The summed E-state index contributed by atoms with van der Waals surface area (Å²) in [6.07, 6.45) is 0. The summed E-state index contributed by atoms with van der Waals surface area (Å²) in [5, 5.41) is 0.696. The zero-order valence-corrected chi connectivity index (χ0v) is 18.1. The number of aromatic nitrogens is 1. The van der Waals surface area contributed by atoms with E-state index in [4.69, 9.17) is 4.74 Å². The molecule has 0 saturated carbocycles. The normalized spacial score (nSPS) is 11.7. The van der Waals surface area contributed by atoms with Crippen LogP contribution in [0.25, 0.3) is 10.9 Å². The standard InChI is InChI=1S/C24H21FN2O4S/c1-31-20-11-12-22-18(14-20)13-19(24(28)26-22)16-27(15-17-7-3-2-4-8-17)32(29,30)23-10-6-5-9-21(23)25/h2-14H,15-16H2,1H3,(H,26,28). The highest BCUT2D eigenvalue weighted by Gasteiger charge is 2.28. The molecule has 0 aliphatic carbocycles. The fourth-order valence-electron chi connectivity index (χ4n) is 3.47. The van der Waals surface area contributed by atoms with E-state index in [-0.39, 0.29) is 18.7 Å². The summed E-state index contributed by atoms with van der Waals surface area (Å²) in [7, 11) is -2.69. The van der Waals surface area contributed by atoms with Gasteiger partial charge in [0.05, 0.1) is 7.11 Å². The second kappa shape index (κ2) is 8.94. The van der Waals surface area contributed by atoms with Crippen molar-refractivity contribution >= 4 is 20.9 Å². The average molecular weight is 453 g/mol. The first-order chi connectivity index (χ1) is 15.4. The Morgan fingerprint density at radius 2 is 1.66 bits per heavy atom. The van der Waals surface area contributed by atoms with Gasteiger partial charge in [0.25, 0.3) is 5.56 Å². The van der Waals surface area contributed by atoms with Crippen LogP contribution in [0.4, 0.5) is 4.39 Å². The van der Waals surface area contributed by atoms with Gasteiger partial charge >= 0.3 is 0 Å². The Hall–Kier alpha value is -3.49. The predicted octanol–water partition coefficient (Wildman–Crippen LogP) is 4.07. The molecule has 1 aromatic heterocycles. The molecule has 1 N–H and O–H groups in total. The zero-order valence-electron chi connectivity index (χ0n) is 17.3. The number of halogens is 1. The molecule has 0 aliphatic rings. The van der Waals surface area contributed by atoms with Crippen LogP contribution in [0, 0.1) is 5.82 Å². The molecule has 0 radical (unpaired) electrons. The molecule has 0 aliphatic heterocycles. The van der Waals surface area contributed by atoms with Crippen molar-refractivity contribution in [2.45, 2.75) is 18.0 Å². The minimum atomic E-state index is -4.23. The number of pyridine rings is 1. The fourth-order valence-corrected chi connectivity index (χ4v) is 4.94. The molecule has 32 heavy (non-hydrogen) atoms. The summed E-state index contributed by atoms with van der Waals surface area (Å²) in [5.74, 6) is -0.238. The van der Waals surface area contributed by atoms with E-state index in [9.17, 15) is 17.6 Å². The summed E-state index contributed by atoms with van der Waals surface area (Å²) in [5.41, 5.74) is 1.14. The molecule has 0 amide bonds. The van der Waals surface area contributed by atoms with Crippen LogP contribution in [0.2, 0.25) is 0 Å². The molecule has 4 rings (SSSR count). The molecule has 4 aromatic rings. The molecule has 6 nitrogen and oxygen atoms in total. The SMILES string of the molecule is COc1ccc2[nH]c(=O)c(CN(Cc3ccccc3)S(=O)(=O)c3ccccc3F)cc2c1. The Morgan fingerprint density at radius 1 is 0.938 bits per heavy atom. The highest BCUT2D eigenvalue weighted by Crippen LogP contribution is 2.24. The second-order valence-electron chi connectivity index (χ2n) is 7.27. The predicted molar refractivity (Wildman–Crippen MR) is 120 cm³/mol. The van der Waals surface area contributed by atoms with E-state index in [0.717, 1.165) is 10.4 Å². The molecule has 0 spiro atoms. The monoisotopic (exact) mass is 452 g/mol. The van der Waals surface area contributed by atoms with Crippen LogP contribution < -0.4 is 10.3 Å². The molecule has 0 fully saturated rings. The van der Waals surface area contributed by atoms with Crippen LogP contribution in [-0.2, 0) is 23.1 Å². The van der Waals surface area contributed by atoms with Crippen LogP contribution in [-0.4, -0.2) is 24.8 Å². The van der Waals surface area contributed by atoms with Gasteiger partial charge in [-0.1, -0.05) is 42.5 Å². The first-order valence-electron chi connectivity index (χ1n) is 9.87. The lowest BCUT2D eigenvalue weighted by Gasteiger charge is -2.22. The maximum absolute atomic E-state index is 14.4. The van der Waals surface area contributed by atoms with Crippen LogP contribution >= 0.6 is 0 Å². The number of nitrogens with one attached hydrogen (secondary N) is 1. The highest BCUT2D eigenvalue weighted by atomic mass is 32.2. The molecular weight excluding hydrogens is 431 g/mol. The number of sulfonamides is 1. The Kier molecular flexibility index (Phi) is 6.07. The number of methoxy groups -OCH3 is 1. The van der Waals surface area contributed by atoms with E-state index >= 15 is 0 Å². The minimum Gasteiger partial charge on any atom is -0.497 e. The third-order valence-electron chi connectivity index (χ3n) is 5.13. The van der Waals surface area contributed by atoms with Gasteiger partial charge in [-0.15, -0.1) is 0 Å². The van der Waals surface area contributed by atoms with E-state index in [1.165, 1.54) is 25.3 Å². The maximum Gasteiger partial charge on any atom is 0.252 e. The van der Waals surface area contributed by atoms with Crippen LogP contribution in [0.1, 0.15) is 11.1 Å². The fraction of sp³-hybridized carbons (Fsp3) is 0.125. The van der Waals surface area contributed by atoms with Crippen molar-refractivity contribution in [3.63, 3.8) is 0 Å². The Balaban J connectivity index is 1.79. The molecule has 8 heteroatoms. The summed E-state index contributed by atoms with van der Waals surface area (Å²) in [6, 6.07) is 21.0. The van der Waals surface area contributed by atoms with Gasteiger partial charge in [-0.2, -0.15) is 4.31 Å². The van der Waals surface area contributed by atoms with Gasteiger partial charge in [0.1, 0.15) is 16.5 Å². The van der Waals surface area contributed by atoms with E-state index in [1.807, 2.05) is 6.07 Å². The van der Waals surface area contributed by atoms with Crippen molar-refractivity contribution in [3.05, 3.63) is 106 Å². The van der Waals surface area contributed by atoms with Crippen molar-refractivity contribution in [2.75, 3.05) is 7.11 Å². The van der Waals surface area contributed by atoms with Crippen molar-refractivity contribution < 1.29 is 17.5 Å². The number of H-pyrrole nitrogens is 1. The van der Waals surface area contributed by atoms with Gasteiger partial charge in [0.2, 0.25) is 10.0 Å². The number of benzene rings is 3. The lowest BCUT2D eigenvalue weighted by molar-refractivity contribution is 0.396. The average Bonchev–Trinajstić information content (AvgIpc) is 2.79. The van der Waals surface area contributed by atoms with Gasteiger partial charge in [0.15, 0.2) is 0 Å². The van der Waals surface area contributed by atoms with Gasteiger partial charge in [-0.3, -0.25) is 4.79 Å². The molecule has 164 valence electrons.